The fourth-order valence-corrected chi connectivity index (χ4v) is 8.10. The van der Waals surface area contributed by atoms with Crippen molar-refractivity contribution in [3.63, 3.8) is 0 Å². The molecule has 5 rings (SSSR count). The molecule has 2 fully saturated rings. The summed E-state index contributed by atoms with van der Waals surface area (Å²) in [7, 11) is 0.226. The van der Waals surface area contributed by atoms with Gasteiger partial charge in [0.25, 0.3) is 15.9 Å². The summed E-state index contributed by atoms with van der Waals surface area (Å²) in [6, 6.07) is 17.0. The van der Waals surface area contributed by atoms with Crippen molar-refractivity contribution in [3.8, 4) is 5.75 Å². The van der Waals surface area contributed by atoms with Gasteiger partial charge in [0.2, 0.25) is 5.91 Å². The van der Waals surface area contributed by atoms with Crippen molar-refractivity contribution in [1.82, 2.24) is 29.8 Å². The van der Waals surface area contributed by atoms with Gasteiger partial charge >= 0.3 is 0 Å². The second-order valence-electron chi connectivity index (χ2n) is 13.4. The van der Waals surface area contributed by atoms with Crippen LogP contribution in [-0.2, 0) is 30.1 Å². The molecule has 0 saturated carbocycles. The minimum atomic E-state index is -4.15. The summed E-state index contributed by atoms with van der Waals surface area (Å²) in [5, 5.41) is 8.43. The van der Waals surface area contributed by atoms with E-state index in [4.69, 9.17) is 32.8 Å². The molecule has 2 amide bonds. The first-order valence-corrected chi connectivity index (χ1v) is 19.5. The quantitative estimate of drug-likeness (QED) is 0.252. The van der Waals surface area contributed by atoms with E-state index in [1.807, 2.05) is 49.9 Å². The van der Waals surface area contributed by atoms with Gasteiger partial charge < -0.3 is 14.5 Å². The van der Waals surface area contributed by atoms with Gasteiger partial charge in [-0.2, -0.15) is 0 Å². The van der Waals surface area contributed by atoms with Crippen LogP contribution in [0, 0.1) is 6.92 Å². The summed E-state index contributed by atoms with van der Waals surface area (Å²) < 4.78 is 34.6. The van der Waals surface area contributed by atoms with Crippen molar-refractivity contribution in [1.29, 1.82) is 0 Å². The molecule has 0 spiro atoms. The molecule has 0 radical (unpaired) electrons. The summed E-state index contributed by atoms with van der Waals surface area (Å²) in [6.45, 7) is 9.59. The number of hydrogen-bond acceptors (Lipinski definition) is 9. The van der Waals surface area contributed by atoms with Crippen LogP contribution in [0.15, 0.2) is 65.6 Å². The summed E-state index contributed by atoms with van der Waals surface area (Å²) >= 11 is 12.6. The number of nitrogens with one attached hydrogen (secondary N) is 2. The Kier molecular flexibility index (Phi) is 12.6. The van der Waals surface area contributed by atoms with E-state index in [0.717, 1.165) is 15.6 Å². The number of piperazine rings is 1. The van der Waals surface area contributed by atoms with Crippen LogP contribution in [0.2, 0.25) is 10.0 Å². The molecular formula is C37H48Cl2N6O6S. The second kappa shape index (κ2) is 16.4. The lowest BCUT2D eigenvalue weighted by molar-refractivity contribution is -0.142. The number of hydroxylamine groups is 1. The number of sulfonamides is 1. The normalized spacial score (nSPS) is 21.2. The molecular weight excluding hydrogens is 727 g/mol. The van der Waals surface area contributed by atoms with E-state index < -0.39 is 27.8 Å². The third-order valence-corrected chi connectivity index (χ3v) is 12.2. The van der Waals surface area contributed by atoms with Gasteiger partial charge in [0.05, 0.1) is 37.2 Å². The van der Waals surface area contributed by atoms with Crippen LogP contribution in [0.3, 0.4) is 0 Å². The van der Waals surface area contributed by atoms with E-state index in [-0.39, 0.29) is 35.9 Å². The first-order chi connectivity index (χ1) is 24.6. The van der Waals surface area contributed by atoms with Crippen LogP contribution in [-0.4, -0.2) is 106 Å². The van der Waals surface area contributed by atoms with Gasteiger partial charge in [-0.25, -0.2) is 8.42 Å². The Morgan fingerprint density at radius 2 is 1.44 bits per heavy atom. The van der Waals surface area contributed by atoms with E-state index in [9.17, 15) is 13.2 Å². The Hall–Kier alpha value is -3.27. The minimum absolute atomic E-state index is 0.0118. The number of aryl methyl sites for hydroxylation is 1. The van der Waals surface area contributed by atoms with Crippen molar-refractivity contribution >= 4 is 45.0 Å². The molecule has 2 aliphatic rings. The Bertz CT molecular complexity index is 1800. The molecule has 12 nitrogen and oxygen atoms in total. The van der Waals surface area contributed by atoms with Crippen LogP contribution in [0.5, 0.6) is 5.75 Å². The molecule has 2 saturated heterocycles. The standard InChI is InChI=1S/C37H48Cl2N6O6S/c1-8-51-31-21-25(4)32(52(48,49)43(6)50-7)22-30(31)37(36(47)45-19-17-44(18-20-45)23-33(46)42(5)24(2)3)40-34(26-9-13-28(38)14-10-26)35(41-37)27-11-15-29(39)16-12-27/h9-16,21-22,24,34-35,40-41H,8,17-20,23H2,1-7H3/t34-,35+,37?. The first kappa shape index (κ1) is 39.9. The number of likely N-dealkylation sites (N-methyl/N-ethyl adjacent to an activating group) is 1. The molecule has 282 valence electrons. The minimum Gasteiger partial charge on any atom is -0.493 e. The molecule has 52 heavy (non-hydrogen) atoms. The highest BCUT2D eigenvalue weighted by Gasteiger charge is 2.55. The molecule has 0 bridgehead atoms. The zero-order valence-electron chi connectivity index (χ0n) is 30.7. The number of benzene rings is 3. The SMILES string of the molecule is CCOc1cc(C)c(S(=O)(=O)N(C)OC)cc1C1(C(=O)N2CCN(CC(=O)N(C)C(C)C)CC2)N[C@H](c2ccc(Cl)cc2)[C@H](c2ccc(Cl)cc2)N1. The highest BCUT2D eigenvalue weighted by Crippen LogP contribution is 2.46. The Labute approximate surface area is 316 Å². The number of amides is 2. The maximum Gasteiger partial charge on any atom is 0.265 e. The molecule has 3 aromatic rings. The van der Waals surface area contributed by atoms with E-state index >= 15 is 4.79 Å². The zero-order chi connectivity index (χ0) is 38.0. The second-order valence-corrected chi connectivity index (χ2v) is 16.2. The number of ether oxygens (including phenoxy) is 1. The molecule has 2 aliphatic heterocycles. The predicted octanol–water partition coefficient (Wildman–Crippen LogP) is 4.72. The molecule has 2 N–H and O–H groups in total. The zero-order valence-corrected chi connectivity index (χ0v) is 33.0. The molecule has 3 aromatic carbocycles. The van der Waals surface area contributed by atoms with Gasteiger partial charge in [-0.1, -0.05) is 51.9 Å². The Morgan fingerprint density at radius 3 is 1.90 bits per heavy atom. The van der Waals surface area contributed by atoms with E-state index in [0.29, 0.717) is 53.1 Å². The fraction of sp³-hybridized carbons (Fsp3) is 0.459. The van der Waals surface area contributed by atoms with Gasteiger partial charge in [-0.15, -0.1) is 0 Å². The summed E-state index contributed by atoms with van der Waals surface area (Å²) in [5.74, 6) is 0.0409. The van der Waals surface area contributed by atoms with Crippen LogP contribution in [0.1, 0.15) is 55.1 Å². The van der Waals surface area contributed by atoms with Crippen molar-refractivity contribution in [2.75, 3.05) is 60.5 Å². The average Bonchev–Trinajstić information content (AvgIpc) is 3.53. The monoisotopic (exact) mass is 774 g/mol. The summed E-state index contributed by atoms with van der Waals surface area (Å²) in [4.78, 5) is 38.8. The number of halogens is 2. The highest BCUT2D eigenvalue weighted by atomic mass is 35.5. The smallest absolute Gasteiger partial charge is 0.265 e. The summed E-state index contributed by atoms with van der Waals surface area (Å²) in [6.07, 6.45) is 0. The maximum atomic E-state index is 15.3. The fourth-order valence-electron chi connectivity index (χ4n) is 6.64. The molecule has 2 heterocycles. The maximum absolute atomic E-state index is 15.3. The number of hydrogen-bond donors (Lipinski definition) is 2. The van der Waals surface area contributed by atoms with Crippen molar-refractivity contribution in [3.05, 3.63) is 93.0 Å². The third kappa shape index (κ3) is 8.12. The molecule has 0 aromatic heterocycles. The van der Waals surface area contributed by atoms with Crippen LogP contribution < -0.4 is 15.4 Å². The lowest BCUT2D eigenvalue weighted by atomic mass is 9.95. The van der Waals surface area contributed by atoms with Crippen molar-refractivity contribution in [2.45, 2.75) is 56.4 Å². The largest absolute Gasteiger partial charge is 0.493 e. The van der Waals surface area contributed by atoms with Crippen LogP contribution >= 0.6 is 23.2 Å². The Balaban J connectivity index is 1.66. The van der Waals surface area contributed by atoms with Crippen LogP contribution in [0.4, 0.5) is 0 Å². The lowest BCUT2D eigenvalue weighted by Gasteiger charge is -2.41. The summed E-state index contributed by atoms with van der Waals surface area (Å²) in [5.41, 5.74) is 0.741. The van der Waals surface area contributed by atoms with Gasteiger partial charge in [0, 0.05) is 61.9 Å². The van der Waals surface area contributed by atoms with Gasteiger partial charge in [-0.05, 0) is 80.8 Å². The number of carbonyl (C=O) groups is 2. The first-order valence-electron chi connectivity index (χ1n) is 17.3. The lowest BCUT2D eigenvalue weighted by Crippen LogP contribution is -2.62. The molecule has 15 heteroatoms. The number of nitrogens with zero attached hydrogens (tertiary/aromatic N) is 4. The number of carbonyl (C=O) groups excluding carboxylic acids is 2. The Morgan fingerprint density at radius 1 is 0.923 bits per heavy atom. The van der Waals surface area contributed by atoms with E-state index in [1.165, 1.54) is 20.2 Å². The highest BCUT2D eigenvalue weighted by molar-refractivity contribution is 7.89. The van der Waals surface area contributed by atoms with Gasteiger partial charge in [-0.3, -0.25) is 30.0 Å². The molecule has 1 unspecified atom stereocenters. The topological polar surface area (TPSA) is 124 Å². The van der Waals surface area contributed by atoms with E-state index in [2.05, 4.69) is 10.6 Å². The molecule has 0 aliphatic carbocycles. The van der Waals surface area contributed by atoms with Crippen LogP contribution in [0.25, 0.3) is 0 Å². The predicted molar refractivity (Wildman–Crippen MR) is 202 cm³/mol. The molecule has 3 atom stereocenters. The van der Waals surface area contributed by atoms with E-state index in [1.54, 1.807) is 54.1 Å². The van der Waals surface area contributed by atoms with Crippen molar-refractivity contribution in [2.24, 2.45) is 0 Å². The number of rotatable bonds is 12. The van der Waals surface area contributed by atoms with Crippen molar-refractivity contribution < 1.29 is 27.6 Å². The average molecular weight is 776 g/mol. The van der Waals surface area contributed by atoms with Gasteiger partial charge in [0.15, 0.2) is 5.66 Å². The van der Waals surface area contributed by atoms with Gasteiger partial charge in [0.1, 0.15) is 5.75 Å². The third-order valence-electron chi connectivity index (χ3n) is 9.90.